The zero-order valence-corrected chi connectivity index (χ0v) is 13.8. The molecule has 0 radical (unpaired) electrons. The van der Waals surface area contributed by atoms with E-state index >= 15 is 0 Å². The summed E-state index contributed by atoms with van der Waals surface area (Å²) < 4.78 is 10.4. The normalized spacial score (nSPS) is 19.5. The molecule has 7 heteroatoms. The first-order chi connectivity index (χ1) is 11.7. The molecule has 2 N–H and O–H groups in total. The van der Waals surface area contributed by atoms with Crippen LogP contribution in [-0.2, 0) is 27.5 Å². The largest absolute Gasteiger partial charge is 0.383 e. The van der Waals surface area contributed by atoms with Crippen LogP contribution in [0.5, 0.6) is 0 Å². The summed E-state index contributed by atoms with van der Waals surface area (Å²) >= 11 is 0. The van der Waals surface area contributed by atoms with Crippen molar-refractivity contribution in [3.63, 3.8) is 0 Å². The summed E-state index contributed by atoms with van der Waals surface area (Å²) in [4.78, 5) is 25.7. The van der Waals surface area contributed by atoms with Crippen LogP contribution in [0.25, 0.3) is 0 Å². The molecule has 2 aliphatic heterocycles. The molecule has 3 amide bonds. The van der Waals surface area contributed by atoms with Crippen molar-refractivity contribution in [1.29, 1.82) is 0 Å². The van der Waals surface area contributed by atoms with Gasteiger partial charge >= 0.3 is 6.03 Å². The minimum Gasteiger partial charge on any atom is -0.383 e. The van der Waals surface area contributed by atoms with Gasteiger partial charge in [0, 0.05) is 44.8 Å². The third-order valence-corrected chi connectivity index (χ3v) is 4.39. The Morgan fingerprint density at radius 2 is 2.21 bits per heavy atom. The minimum absolute atomic E-state index is 0.123. The molecule has 24 heavy (non-hydrogen) atoms. The smallest absolute Gasteiger partial charge is 0.319 e. The Morgan fingerprint density at radius 1 is 1.38 bits per heavy atom. The van der Waals surface area contributed by atoms with Gasteiger partial charge in [0.05, 0.1) is 19.8 Å². The van der Waals surface area contributed by atoms with E-state index in [4.69, 9.17) is 9.47 Å². The molecule has 2 aliphatic rings. The molecule has 3 rings (SSSR count). The Morgan fingerprint density at radius 3 is 3.04 bits per heavy atom. The maximum absolute atomic E-state index is 12.0. The maximum Gasteiger partial charge on any atom is 0.319 e. The third-order valence-electron chi connectivity index (χ3n) is 4.39. The summed E-state index contributed by atoms with van der Waals surface area (Å²) in [6.45, 7) is 3.52. The molecule has 1 aromatic carbocycles. The van der Waals surface area contributed by atoms with Gasteiger partial charge in [0.2, 0.25) is 5.91 Å². The van der Waals surface area contributed by atoms with Crippen molar-refractivity contribution in [3.05, 3.63) is 29.3 Å². The second-order valence-electron chi connectivity index (χ2n) is 6.21. The maximum atomic E-state index is 12.0. The molecule has 1 fully saturated rings. The standard InChI is InChI=1S/C17H23N3O4/c1-23-5-4-20-9-12(6-16(20)21)8-18-17(22)19-15-3-2-13-10-24-11-14(13)7-15/h2-3,7,12H,4-6,8-11H2,1H3,(H2,18,19,22). The molecule has 0 aliphatic carbocycles. The molecule has 1 unspecified atom stereocenters. The van der Waals surface area contributed by atoms with E-state index in [-0.39, 0.29) is 17.9 Å². The van der Waals surface area contributed by atoms with Gasteiger partial charge in [-0.05, 0) is 23.3 Å². The van der Waals surface area contributed by atoms with Crippen molar-refractivity contribution in [2.24, 2.45) is 5.92 Å². The van der Waals surface area contributed by atoms with Crippen LogP contribution < -0.4 is 10.6 Å². The molecule has 0 spiro atoms. The van der Waals surface area contributed by atoms with Crippen molar-refractivity contribution >= 4 is 17.6 Å². The number of nitrogens with one attached hydrogen (secondary N) is 2. The van der Waals surface area contributed by atoms with Gasteiger partial charge in [0.15, 0.2) is 0 Å². The number of ether oxygens (including phenoxy) is 2. The predicted molar refractivity (Wildman–Crippen MR) is 88.5 cm³/mol. The number of hydrogen-bond donors (Lipinski definition) is 2. The van der Waals surface area contributed by atoms with Crippen LogP contribution in [-0.4, -0.2) is 50.2 Å². The number of benzene rings is 1. The van der Waals surface area contributed by atoms with E-state index in [1.165, 1.54) is 5.56 Å². The van der Waals surface area contributed by atoms with Crippen LogP contribution in [0.15, 0.2) is 18.2 Å². The second kappa shape index (κ2) is 7.63. The Kier molecular flexibility index (Phi) is 5.32. The highest BCUT2D eigenvalue weighted by Crippen LogP contribution is 2.23. The lowest BCUT2D eigenvalue weighted by molar-refractivity contribution is -0.128. The zero-order chi connectivity index (χ0) is 16.9. The third kappa shape index (κ3) is 4.04. The van der Waals surface area contributed by atoms with Gasteiger partial charge in [0.1, 0.15) is 0 Å². The summed E-state index contributed by atoms with van der Waals surface area (Å²) in [5, 5.41) is 5.67. The van der Waals surface area contributed by atoms with E-state index in [0.29, 0.717) is 45.9 Å². The van der Waals surface area contributed by atoms with Crippen LogP contribution in [0, 0.1) is 5.92 Å². The van der Waals surface area contributed by atoms with Crippen LogP contribution in [0.3, 0.4) is 0 Å². The Bertz CT molecular complexity index is 620. The van der Waals surface area contributed by atoms with Crippen molar-refractivity contribution in [1.82, 2.24) is 10.2 Å². The van der Waals surface area contributed by atoms with E-state index in [1.807, 2.05) is 18.2 Å². The van der Waals surface area contributed by atoms with E-state index in [2.05, 4.69) is 10.6 Å². The van der Waals surface area contributed by atoms with Gasteiger partial charge < -0.3 is 25.0 Å². The lowest BCUT2D eigenvalue weighted by Gasteiger charge is -2.16. The monoisotopic (exact) mass is 333 g/mol. The fraction of sp³-hybridized carbons (Fsp3) is 0.529. The number of urea groups is 1. The fourth-order valence-corrected chi connectivity index (χ4v) is 3.07. The lowest BCUT2D eigenvalue weighted by Crippen LogP contribution is -2.34. The van der Waals surface area contributed by atoms with Crippen molar-refractivity contribution in [2.75, 3.05) is 38.7 Å². The molecule has 1 saturated heterocycles. The number of methoxy groups -OCH3 is 1. The average molecular weight is 333 g/mol. The van der Waals surface area contributed by atoms with E-state index < -0.39 is 0 Å². The van der Waals surface area contributed by atoms with E-state index in [9.17, 15) is 9.59 Å². The summed E-state index contributed by atoms with van der Waals surface area (Å²) in [5.74, 6) is 0.270. The Labute approximate surface area is 141 Å². The predicted octanol–water partition coefficient (Wildman–Crippen LogP) is 1.33. The summed E-state index contributed by atoms with van der Waals surface area (Å²) in [5.41, 5.74) is 3.03. The number of carbonyl (C=O) groups is 2. The topological polar surface area (TPSA) is 79.9 Å². The number of rotatable bonds is 6. The minimum atomic E-state index is -0.253. The highest BCUT2D eigenvalue weighted by atomic mass is 16.5. The molecule has 1 atom stereocenters. The van der Waals surface area contributed by atoms with Crippen LogP contribution in [0.1, 0.15) is 17.5 Å². The summed E-state index contributed by atoms with van der Waals surface area (Å²) in [6, 6.07) is 5.53. The van der Waals surface area contributed by atoms with Gasteiger partial charge in [-0.1, -0.05) is 6.07 Å². The van der Waals surface area contributed by atoms with E-state index in [1.54, 1.807) is 12.0 Å². The number of likely N-dealkylation sites (tertiary alicyclic amines) is 1. The van der Waals surface area contributed by atoms with Crippen LogP contribution >= 0.6 is 0 Å². The van der Waals surface area contributed by atoms with Crippen molar-refractivity contribution in [3.8, 4) is 0 Å². The number of hydrogen-bond acceptors (Lipinski definition) is 4. The van der Waals surface area contributed by atoms with Gasteiger partial charge in [0.25, 0.3) is 0 Å². The summed E-state index contributed by atoms with van der Waals surface area (Å²) in [7, 11) is 1.62. The van der Waals surface area contributed by atoms with Crippen molar-refractivity contribution in [2.45, 2.75) is 19.6 Å². The Balaban J connectivity index is 1.44. The molecular formula is C17H23N3O4. The molecule has 0 aromatic heterocycles. The average Bonchev–Trinajstić information content (AvgIpc) is 3.17. The quantitative estimate of drug-likeness (QED) is 0.823. The molecule has 0 saturated carbocycles. The number of fused-ring (bicyclic) bond motifs is 1. The molecule has 0 bridgehead atoms. The first kappa shape index (κ1) is 16.7. The van der Waals surface area contributed by atoms with Gasteiger partial charge in [-0.2, -0.15) is 0 Å². The number of anilines is 1. The fourth-order valence-electron chi connectivity index (χ4n) is 3.07. The Hall–Kier alpha value is -2.12. The second-order valence-corrected chi connectivity index (χ2v) is 6.21. The first-order valence-electron chi connectivity index (χ1n) is 8.17. The number of nitrogens with zero attached hydrogens (tertiary/aromatic N) is 1. The van der Waals surface area contributed by atoms with Gasteiger partial charge in [-0.3, -0.25) is 4.79 Å². The highest BCUT2D eigenvalue weighted by molar-refractivity contribution is 5.89. The van der Waals surface area contributed by atoms with Crippen molar-refractivity contribution < 1.29 is 19.1 Å². The number of amides is 3. The first-order valence-corrected chi connectivity index (χ1v) is 8.17. The molecule has 7 nitrogen and oxygen atoms in total. The lowest BCUT2D eigenvalue weighted by atomic mass is 10.1. The molecular weight excluding hydrogens is 310 g/mol. The van der Waals surface area contributed by atoms with Crippen LogP contribution in [0.4, 0.5) is 10.5 Å². The van der Waals surface area contributed by atoms with Gasteiger partial charge in [-0.15, -0.1) is 0 Å². The summed E-state index contributed by atoms with van der Waals surface area (Å²) in [6.07, 6.45) is 0.472. The molecule has 130 valence electrons. The molecule has 2 heterocycles. The number of carbonyl (C=O) groups excluding carboxylic acids is 2. The van der Waals surface area contributed by atoms with E-state index in [0.717, 1.165) is 11.3 Å². The highest BCUT2D eigenvalue weighted by Gasteiger charge is 2.29. The molecule has 1 aromatic rings. The van der Waals surface area contributed by atoms with Gasteiger partial charge in [-0.25, -0.2) is 4.79 Å². The SMILES string of the molecule is COCCN1CC(CNC(=O)Nc2ccc3c(c2)COC3)CC1=O. The van der Waals surface area contributed by atoms with Crippen LogP contribution in [0.2, 0.25) is 0 Å². The zero-order valence-electron chi connectivity index (χ0n) is 13.8.